The molecule has 0 aliphatic heterocycles. The van der Waals surface area contributed by atoms with Crippen LogP contribution < -0.4 is 9.47 Å². The summed E-state index contributed by atoms with van der Waals surface area (Å²) in [6.45, 7) is 1.92. The molecule has 2 aromatic rings. The van der Waals surface area contributed by atoms with Gasteiger partial charge in [0.05, 0.1) is 36.9 Å². The van der Waals surface area contributed by atoms with Gasteiger partial charge >= 0.3 is 0 Å². The van der Waals surface area contributed by atoms with Gasteiger partial charge in [-0.3, -0.25) is 4.79 Å². The number of aryl methyl sites for hydroxylation is 1. The maximum absolute atomic E-state index is 12.4. The van der Waals surface area contributed by atoms with E-state index in [9.17, 15) is 4.79 Å². The van der Waals surface area contributed by atoms with E-state index in [0.29, 0.717) is 21.5 Å². The Morgan fingerprint density at radius 3 is 2.65 bits per heavy atom. The lowest BCUT2D eigenvalue weighted by molar-refractivity contribution is 0.0989. The predicted octanol–water partition coefficient (Wildman–Crippen LogP) is 3.66. The molecule has 0 aliphatic carbocycles. The van der Waals surface area contributed by atoms with Crippen LogP contribution in [0, 0.1) is 6.92 Å². The molecule has 0 spiro atoms. The van der Waals surface area contributed by atoms with Crippen molar-refractivity contribution in [3.05, 3.63) is 38.3 Å². The molecule has 0 bridgehead atoms. The Bertz CT molecular complexity index is 639. The molecule has 106 valence electrons. The van der Waals surface area contributed by atoms with E-state index in [1.54, 1.807) is 19.2 Å². The van der Waals surface area contributed by atoms with Crippen molar-refractivity contribution >= 4 is 33.0 Å². The second-order valence-electron chi connectivity index (χ2n) is 4.12. The van der Waals surface area contributed by atoms with Crippen molar-refractivity contribution in [2.45, 2.75) is 13.3 Å². The topological polar surface area (TPSA) is 48.4 Å². The Balaban J connectivity index is 2.32. The van der Waals surface area contributed by atoms with Crippen LogP contribution in [0.1, 0.15) is 21.1 Å². The number of rotatable bonds is 5. The van der Waals surface area contributed by atoms with Crippen LogP contribution in [0.5, 0.6) is 11.5 Å². The first kappa shape index (κ1) is 15.0. The molecule has 0 N–H and O–H groups in total. The van der Waals surface area contributed by atoms with Crippen LogP contribution in [0.3, 0.4) is 0 Å². The number of ether oxygens (including phenoxy) is 2. The van der Waals surface area contributed by atoms with E-state index in [0.717, 1.165) is 10.7 Å². The van der Waals surface area contributed by atoms with Crippen LogP contribution in [-0.4, -0.2) is 25.0 Å². The summed E-state index contributed by atoms with van der Waals surface area (Å²) >= 11 is 4.93. The van der Waals surface area contributed by atoms with Gasteiger partial charge in [-0.15, -0.1) is 11.3 Å². The molecular weight excluding hydrogens is 342 g/mol. The number of halogens is 1. The van der Waals surface area contributed by atoms with E-state index in [4.69, 9.17) is 9.47 Å². The van der Waals surface area contributed by atoms with E-state index in [1.165, 1.54) is 18.4 Å². The fraction of sp³-hybridized carbons (Fsp3) is 0.286. The van der Waals surface area contributed by atoms with Gasteiger partial charge in [-0.2, -0.15) is 0 Å². The Morgan fingerprint density at radius 1 is 1.35 bits per heavy atom. The molecule has 0 atom stereocenters. The summed E-state index contributed by atoms with van der Waals surface area (Å²) in [7, 11) is 3.10. The van der Waals surface area contributed by atoms with E-state index < -0.39 is 0 Å². The average Bonchev–Trinajstić information content (AvgIpc) is 2.83. The minimum atomic E-state index is -0.0319. The molecule has 2 rings (SSSR count). The standard InChI is InChI=1S/C14H14BrNO3S/c1-8-16-9(7-20-8)6-11(17)10-4-5-12(18-2)13(15)14(10)19-3/h4-5,7H,6H2,1-3H3. The summed E-state index contributed by atoms with van der Waals surface area (Å²) in [6.07, 6.45) is 0.263. The van der Waals surface area contributed by atoms with Gasteiger partial charge in [0, 0.05) is 5.38 Å². The molecule has 4 nitrogen and oxygen atoms in total. The van der Waals surface area contributed by atoms with Crippen molar-refractivity contribution in [1.29, 1.82) is 0 Å². The van der Waals surface area contributed by atoms with E-state index in [-0.39, 0.29) is 12.2 Å². The average molecular weight is 356 g/mol. The molecule has 20 heavy (non-hydrogen) atoms. The highest BCUT2D eigenvalue weighted by molar-refractivity contribution is 9.10. The summed E-state index contributed by atoms with van der Waals surface area (Å²) in [4.78, 5) is 16.7. The van der Waals surface area contributed by atoms with Crippen LogP contribution in [0.15, 0.2) is 22.0 Å². The van der Waals surface area contributed by atoms with Crippen LogP contribution in [0.25, 0.3) is 0 Å². The summed E-state index contributed by atoms with van der Waals surface area (Å²) in [5, 5.41) is 2.86. The third-order valence-corrected chi connectivity index (χ3v) is 4.37. The summed E-state index contributed by atoms with van der Waals surface area (Å²) in [6, 6.07) is 3.45. The minimum Gasteiger partial charge on any atom is -0.495 e. The number of benzene rings is 1. The monoisotopic (exact) mass is 355 g/mol. The maximum Gasteiger partial charge on any atom is 0.172 e. The van der Waals surface area contributed by atoms with Gasteiger partial charge in [0.2, 0.25) is 0 Å². The van der Waals surface area contributed by atoms with Crippen LogP contribution >= 0.6 is 27.3 Å². The van der Waals surface area contributed by atoms with E-state index in [2.05, 4.69) is 20.9 Å². The number of Topliss-reactive ketones (excluding diaryl/α,β-unsaturated/α-hetero) is 1. The lowest BCUT2D eigenvalue weighted by atomic mass is 10.1. The molecule has 0 aliphatic rings. The molecule has 0 saturated carbocycles. The van der Waals surface area contributed by atoms with Crippen molar-refractivity contribution < 1.29 is 14.3 Å². The molecule has 0 fully saturated rings. The van der Waals surface area contributed by atoms with Crippen LogP contribution in [0.2, 0.25) is 0 Å². The highest BCUT2D eigenvalue weighted by atomic mass is 79.9. The van der Waals surface area contributed by atoms with Crippen LogP contribution in [0.4, 0.5) is 0 Å². The SMILES string of the molecule is COc1ccc(C(=O)Cc2csc(C)n2)c(OC)c1Br. The highest BCUT2D eigenvalue weighted by Gasteiger charge is 2.19. The molecule has 0 saturated heterocycles. The van der Waals surface area contributed by atoms with Gasteiger partial charge in [-0.1, -0.05) is 0 Å². The minimum absolute atomic E-state index is 0.0319. The van der Waals surface area contributed by atoms with Gasteiger partial charge in [0.25, 0.3) is 0 Å². The molecule has 0 amide bonds. The van der Waals surface area contributed by atoms with Crippen LogP contribution in [-0.2, 0) is 6.42 Å². The first-order valence-corrected chi connectivity index (χ1v) is 7.58. The summed E-state index contributed by atoms with van der Waals surface area (Å²) in [5.74, 6) is 1.08. The lowest BCUT2D eigenvalue weighted by Crippen LogP contribution is -2.07. The van der Waals surface area contributed by atoms with E-state index >= 15 is 0 Å². The first-order valence-electron chi connectivity index (χ1n) is 5.91. The zero-order valence-corrected chi connectivity index (χ0v) is 13.8. The third kappa shape index (κ3) is 3.02. The Hall–Kier alpha value is -1.40. The van der Waals surface area contributed by atoms with E-state index in [1.807, 2.05) is 12.3 Å². The summed E-state index contributed by atoms with van der Waals surface area (Å²) < 4.78 is 11.2. The Morgan fingerprint density at radius 2 is 2.10 bits per heavy atom. The van der Waals surface area contributed by atoms with Crippen molar-refractivity contribution in [2.24, 2.45) is 0 Å². The first-order chi connectivity index (χ1) is 9.56. The molecule has 1 aromatic carbocycles. The van der Waals surface area contributed by atoms with Gasteiger partial charge < -0.3 is 9.47 Å². The largest absolute Gasteiger partial charge is 0.495 e. The highest BCUT2D eigenvalue weighted by Crippen LogP contribution is 2.37. The number of ketones is 1. The van der Waals surface area contributed by atoms with Gasteiger partial charge in [-0.25, -0.2) is 4.98 Å². The quantitative estimate of drug-likeness (QED) is 0.768. The molecule has 6 heteroatoms. The second kappa shape index (κ2) is 6.37. The number of hydrogen-bond donors (Lipinski definition) is 0. The normalized spacial score (nSPS) is 10.4. The number of nitrogens with zero attached hydrogens (tertiary/aromatic N) is 1. The maximum atomic E-state index is 12.4. The molecule has 1 aromatic heterocycles. The number of carbonyl (C=O) groups excluding carboxylic acids is 1. The summed E-state index contributed by atoms with van der Waals surface area (Å²) in [5.41, 5.74) is 1.30. The smallest absolute Gasteiger partial charge is 0.172 e. The number of aromatic nitrogens is 1. The van der Waals surface area contributed by atoms with Gasteiger partial charge in [0.15, 0.2) is 5.78 Å². The molecule has 0 unspecified atom stereocenters. The molecule has 1 heterocycles. The number of methoxy groups -OCH3 is 2. The Kier molecular flexibility index (Phi) is 4.77. The lowest BCUT2D eigenvalue weighted by Gasteiger charge is -2.12. The molecule has 0 radical (unpaired) electrons. The second-order valence-corrected chi connectivity index (χ2v) is 5.98. The predicted molar refractivity (Wildman–Crippen MR) is 82.1 cm³/mol. The zero-order valence-electron chi connectivity index (χ0n) is 11.4. The number of hydrogen-bond acceptors (Lipinski definition) is 5. The fourth-order valence-electron chi connectivity index (χ4n) is 1.86. The third-order valence-electron chi connectivity index (χ3n) is 2.79. The fourth-order valence-corrected chi connectivity index (χ4v) is 3.15. The molecular formula is C14H14BrNO3S. The van der Waals surface area contributed by atoms with Crippen molar-refractivity contribution in [2.75, 3.05) is 14.2 Å². The van der Waals surface area contributed by atoms with Gasteiger partial charge in [0.1, 0.15) is 16.0 Å². The van der Waals surface area contributed by atoms with Gasteiger partial charge in [-0.05, 0) is 35.0 Å². The van der Waals surface area contributed by atoms with Crippen molar-refractivity contribution in [3.63, 3.8) is 0 Å². The van der Waals surface area contributed by atoms with Crippen molar-refractivity contribution in [3.8, 4) is 11.5 Å². The number of thiazole rings is 1. The Labute approximate surface area is 129 Å². The zero-order chi connectivity index (χ0) is 14.7. The number of carbonyl (C=O) groups is 1. The van der Waals surface area contributed by atoms with Crippen molar-refractivity contribution in [1.82, 2.24) is 4.98 Å².